The molecule has 0 aliphatic carbocycles. The molecule has 0 atom stereocenters. The summed E-state index contributed by atoms with van der Waals surface area (Å²) in [6.07, 6.45) is 0. The van der Waals surface area contributed by atoms with Crippen molar-refractivity contribution in [1.82, 2.24) is 0 Å². The maximum absolute atomic E-state index is 11.9. The SMILES string of the molecule is CCOc1cc2c(cc1OC)cc(C(=O)O)c1ccc(OCC)c(OC)c12. The molecule has 0 aliphatic rings. The van der Waals surface area contributed by atoms with E-state index < -0.39 is 5.97 Å². The quantitative estimate of drug-likeness (QED) is 0.617. The van der Waals surface area contributed by atoms with E-state index in [9.17, 15) is 9.90 Å². The summed E-state index contributed by atoms with van der Waals surface area (Å²) in [5, 5.41) is 12.5. The Labute approximate surface area is 157 Å². The van der Waals surface area contributed by atoms with Crippen LogP contribution >= 0.6 is 0 Å². The zero-order valence-electron chi connectivity index (χ0n) is 15.8. The summed E-state index contributed by atoms with van der Waals surface area (Å²) in [6, 6.07) is 8.74. The van der Waals surface area contributed by atoms with Gasteiger partial charge in [-0.3, -0.25) is 0 Å². The number of hydrogen-bond donors (Lipinski definition) is 1. The van der Waals surface area contributed by atoms with E-state index in [-0.39, 0.29) is 5.56 Å². The van der Waals surface area contributed by atoms with E-state index in [0.29, 0.717) is 52.4 Å². The summed E-state index contributed by atoms with van der Waals surface area (Å²) in [5.74, 6) is 1.17. The van der Waals surface area contributed by atoms with E-state index in [0.717, 1.165) is 5.39 Å². The van der Waals surface area contributed by atoms with Gasteiger partial charge in [-0.15, -0.1) is 0 Å². The second-order valence-electron chi connectivity index (χ2n) is 5.84. The first-order valence-electron chi connectivity index (χ1n) is 8.70. The summed E-state index contributed by atoms with van der Waals surface area (Å²) in [4.78, 5) is 11.9. The van der Waals surface area contributed by atoms with Gasteiger partial charge in [-0.25, -0.2) is 4.79 Å². The Hall–Kier alpha value is -3.15. The standard InChI is InChI=1S/C21H22O6/c1-5-26-16-8-7-13-15(21(22)23)9-12-10-17(24-3)18(27-6-2)11-14(12)19(13)20(16)25-4/h7-11H,5-6H2,1-4H3,(H,22,23). The highest BCUT2D eigenvalue weighted by Gasteiger charge is 2.20. The molecule has 142 valence electrons. The molecule has 0 bridgehead atoms. The highest BCUT2D eigenvalue weighted by Crippen LogP contribution is 2.44. The summed E-state index contributed by atoms with van der Waals surface area (Å²) in [7, 11) is 3.10. The fourth-order valence-corrected chi connectivity index (χ4v) is 3.28. The number of benzene rings is 3. The first-order valence-corrected chi connectivity index (χ1v) is 8.70. The molecular formula is C21H22O6. The van der Waals surface area contributed by atoms with Gasteiger partial charge in [0.25, 0.3) is 0 Å². The smallest absolute Gasteiger partial charge is 0.336 e. The Morgan fingerprint density at radius 2 is 1.59 bits per heavy atom. The van der Waals surface area contributed by atoms with Crippen LogP contribution in [0.25, 0.3) is 21.5 Å². The number of fused-ring (bicyclic) bond motifs is 3. The van der Waals surface area contributed by atoms with Crippen LogP contribution in [0.3, 0.4) is 0 Å². The van der Waals surface area contributed by atoms with E-state index in [2.05, 4.69) is 0 Å². The first-order chi connectivity index (χ1) is 13.0. The van der Waals surface area contributed by atoms with Crippen LogP contribution in [0.5, 0.6) is 23.0 Å². The van der Waals surface area contributed by atoms with Gasteiger partial charge in [0, 0.05) is 10.8 Å². The minimum atomic E-state index is -1.01. The van der Waals surface area contributed by atoms with E-state index in [4.69, 9.17) is 18.9 Å². The zero-order valence-corrected chi connectivity index (χ0v) is 15.8. The van der Waals surface area contributed by atoms with Gasteiger partial charge in [0.05, 0.1) is 33.0 Å². The number of carbonyl (C=O) groups is 1. The van der Waals surface area contributed by atoms with Crippen LogP contribution in [0.15, 0.2) is 30.3 Å². The van der Waals surface area contributed by atoms with Crippen molar-refractivity contribution < 1.29 is 28.8 Å². The second kappa shape index (κ2) is 7.61. The summed E-state index contributed by atoms with van der Waals surface area (Å²) < 4.78 is 22.4. The molecule has 3 rings (SSSR count). The van der Waals surface area contributed by atoms with Gasteiger partial charge in [0.1, 0.15) is 0 Å². The molecule has 0 aromatic heterocycles. The highest BCUT2D eigenvalue weighted by molar-refractivity contribution is 6.19. The molecular weight excluding hydrogens is 348 g/mol. The fourth-order valence-electron chi connectivity index (χ4n) is 3.28. The first kappa shape index (κ1) is 18.6. The molecule has 0 unspecified atom stereocenters. The molecule has 0 saturated carbocycles. The molecule has 0 spiro atoms. The molecule has 0 aliphatic heterocycles. The molecule has 0 fully saturated rings. The molecule has 27 heavy (non-hydrogen) atoms. The van der Waals surface area contributed by atoms with E-state index in [1.807, 2.05) is 19.9 Å². The van der Waals surface area contributed by atoms with Crippen molar-refractivity contribution in [2.45, 2.75) is 13.8 Å². The number of methoxy groups -OCH3 is 2. The van der Waals surface area contributed by atoms with Crippen LogP contribution in [0, 0.1) is 0 Å². The van der Waals surface area contributed by atoms with Gasteiger partial charge in [0.2, 0.25) is 0 Å². The van der Waals surface area contributed by atoms with Crippen molar-refractivity contribution in [1.29, 1.82) is 0 Å². The predicted octanol–water partition coefficient (Wildman–Crippen LogP) is 4.51. The second-order valence-corrected chi connectivity index (χ2v) is 5.84. The van der Waals surface area contributed by atoms with Crippen molar-refractivity contribution >= 4 is 27.5 Å². The molecule has 0 radical (unpaired) electrons. The fraction of sp³-hybridized carbons (Fsp3) is 0.286. The lowest BCUT2D eigenvalue weighted by molar-refractivity contribution is 0.0699. The van der Waals surface area contributed by atoms with Crippen LogP contribution in [0.4, 0.5) is 0 Å². The number of carboxylic acid groups (broad SMARTS) is 1. The van der Waals surface area contributed by atoms with Crippen molar-refractivity contribution in [3.8, 4) is 23.0 Å². The molecule has 3 aromatic rings. The number of ether oxygens (including phenoxy) is 4. The van der Waals surface area contributed by atoms with Crippen molar-refractivity contribution in [2.24, 2.45) is 0 Å². The minimum Gasteiger partial charge on any atom is -0.493 e. The van der Waals surface area contributed by atoms with Crippen LogP contribution < -0.4 is 18.9 Å². The Morgan fingerprint density at radius 3 is 2.19 bits per heavy atom. The number of rotatable bonds is 7. The minimum absolute atomic E-state index is 0.185. The maximum atomic E-state index is 11.9. The molecule has 3 aromatic carbocycles. The molecule has 6 nitrogen and oxygen atoms in total. The third kappa shape index (κ3) is 3.18. The van der Waals surface area contributed by atoms with Crippen LogP contribution in [0.2, 0.25) is 0 Å². The van der Waals surface area contributed by atoms with Gasteiger partial charge in [-0.2, -0.15) is 0 Å². The Kier molecular flexibility index (Phi) is 5.26. The lowest BCUT2D eigenvalue weighted by Crippen LogP contribution is -2.02. The van der Waals surface area contributed by atoms with Gasteiger partial charge in [0.15, 0.2) is 23.0 Å². The van der Waals surface area contributed by atoms with Crippen molar-refractivity contribution in [3.05, 3.63) is 35.9 Å². The third-order valence-electron chi connectivity index (χ3n) is 4.35. The van der Waals surface area contributed by atoms with Crippen molar-refractivity contribution in [3.63, 3.8) is 0 Å². The Bertz CT molecular complexity index is 1010. The Morgan fingerprint density at radius 1 is 0.889 bits per heavy atom. The van der Waals surface area contributed by atoms with Gasteiger partial charge >= 0.3 is 5.97 Å². The monoisotopic (exact) mass is 370 g/mol. The normalized spacial score (nSPS) is 10.8. The highest BCUT2D eigenvalue weighted by atomic mass is 16.5. The lowest BCUT2D eigenvalue weighted by atomic mass is 9.95. The van der Waals surface area contributed by atoms with Gasteiger partial charge in [-0.05, 0) is 55.0 Å². The summed E-state index contributed by atoms with van der Waals surface area (Å²) in [6.45, 7) is 4.72. The predicted molar refractivity (Wildman–Crippen MR) is 104 cm³/mol. The average Bonchev–Trinajstić information content (AvgIpc) is 2.67. The van der Waals surface area contributed by atoms with Crippen molar-refractivity contribution in [2.75, 3.05) is 27.4 Å². The lowest BCUT2D eigenvalue weighted by Gasteiger charge is -2.17. The molecule has 6 heteroatoms. The maximum Gasteiger partial charge on any atom is 0.336 e. The number of carboxylic acids is 1. The van der Waals surface area contributed by atoms with Crippen LogP contribution in [0.1, 0.15) is 24.2 Å². The zero-order chi connectivity index (χ0) is 19.6. The topological polar surface area (TPSA) is 74.2 Å². The van der Waals surface area contributed by atoms with E-state index in [1.165, 1.54) is 0 Å². The van der Waals surface area contributed by atoms with E-state index >= 15 is 0 Å². The molecule has 0 amide bonds. The van der Waals surface area contributed by atoms with Gasteiger partial charge in [-0.1, -0.05) is 0 Å². The average molecular weight is 370 g/mol. The van der Waals surface area contributed by atoms with Crippen LogP contribution in [-0.4, -0.2) is 38.5 Å². The third-order valence-corrected chi connectivity index (χ3v) is 4.35. The van der Waals surface area contributed by atoms with E-state index in [1.54, 1.807) is 38.5 Å². The molecule has 0 saturated heterocycles. The van der Waals surface area contributed by atoms with Crippen LogP contribution in [-0.2, 0) is 0 Å². The Balaban J connectivity index is 2.51. The number of aromatic carboxylic acids is 1. The van der Waals surface area contributed by atoms with Gasteiger partial charge < -0.3 is 24.1 Å². The molecule has 1 N–H and O–H groups in total. The summed E-state index contributed by atoms with van der Waals surface area (Å²) in [5.41, 5.74) is 0.185. The largest absolute Gasteiger partial charge is 0.493 e. The number of hydrogen-bond acceptors (Lipinski definition) is 5. The molecule has 0 heterocycles. The summed E-state index contributed by atoms with van der Waals surface area (Å²) >= 11 is 0.